The summed E-state index contributed by atoms with van der Waals surface area (Å²) in [5.41, 5.74) is 3.20. The first-order valence-electron chi connectivity index (χ1n) is 6.72. The van der Waals surface area contributed by atoms with Crippen LogP contribution in [0.3, 0.4) is 0 Å². The van der Waals surface area contributed by atoms with Crippen molar-refractivity contribution in [2.24, 2.45) is 0 Å². The highest BCUT2D eigenvalue weighted by Crippen LogP contribution is 2.21. The Labute approximate surface area is 112 Å². The third kappa shape index (κ3) is 3.38. The zero-order valence-electron chi connectivity index (χ0n) is 10.8. The van der Waals surface area contributed by atoms with Crippen molar-refractivity contribution in [3.63, 3.8) is 0 Å². The van der Waals surface area contributed by atoms with Gasteiger partial charge in [-0.2, -0.15) is 0 Å². The smallest absolute Gasteiger partial charge is 0.123 e. The average Bonchev–Trinajstić information content (AvgIpc) is 3.24. The van der Waals surface area contributed by atoms with Crippen molar-refractivity contribution >= 4 is 0 Å². The maximum Gasteiger partial charge on any atom is 0.123 e. The molecule has 1 aromatic carbocycles. The van der Waals surface area contributed by atoms with Crippen LogP contribution in [-0.2, 0) is 13.0 Å². The Morgan fingerprint density at radius 1 is 1.16 bits per heavy atom. The van der Waals surface area contributed by atoms with Crippen LogP contribution in [0.5, 0.6) is 0 Å². The summed E-state index contributed by atoms with van der Waals surface area (Å²) in [6.07, 6.45) is 5.03. The standard InChI is InChI=1S/C16H17FN2/c17-14-5-4-12(10-16-3-1-2-8-18-16)13(9-14)11-19-15-6-7-15/h1-5,8-9,15,19H,6-7,10-11H2. The van der Waals surface area contributed by atoms with Gasteiger partial charge in [0.15, 0.2) is 0 Å². The minimum absolute atomic E-state index is 0.169. The van der Waals surface area contributed by atoms with E-state index in [0.717, 1.165) is 29.8 Å². The summed E-state index contributed by atoms with van der Waals surface area (Å²) >= 11 is 0. The number of benzene rings is 1. The largest absolute Gasteiger partial charge is 0.310 e. The molecule has 1 N–H and O–H groups in total. The van der Waals surface area contributed by atoms with Crippen LogP contribution in [0.4, 0.5) is 4.39 Å². The van der Waals surface area contributed by atoms with Crippen molar-refractivity contribution in [1.82, 2.24) is 10.3 Å². The zero-order chi connectivity index (χ0) is 13.1. The van der Waals surface area contributed by atoms with Crippen LogP contribution in [-0.4, -0.2) is 11.0 Å². The van der Waals surface area contributed by atoms with Gasteiger partial charge in [0.25, 0.3) is 0 Å². The first-order chi connectivity index (χ1) is 9.31. The van der Waals surface area contributed by atoms with E-state index < -0.39 is 0 Å². The Kier molecular flexibility index (Phi) is 3.56. The molecule has 1 aromatic heterocycles. The molecule has 0 amide bonds. The molecular weight excluding hydrogens is 239 g/mol. The van der Waals surface area contributed by atoms with Crippen molar-refractivity contribution in [2.75, 3.05) is 0 Å². The van der Waals surface area contributed by atoms with Gasteiger partial charge in [-0.15, -0.1) is 0 Å². The molecule has 1 fully saturated rings. The van der Waals surface area contributed by atoms with E-state index in [2.05, 4.69) is 10.3 Å². The van der Waals surface area contributed by atoms with Crippen LogP contribution >= 0.6 is 0 Å². The second kappa shape index (κ2) is 5.49. The number of rotatable bonds is 5. The van der Waals surface area contributed by atoms with Crippen LogP contribution in [0.15, 0.2) is 42.6 Å². The average molecular weight is 256 g/mol. The van der Waals surface area contributed by atoms with Gasteiger partial charge in [-0.25, -0.2) is 4.39 Å². The highest BCUT2D eigenvalue weighted by Gasteiger charge is 2.20. The van der Waals surface area contributed by atoms with Crippen molar-refractivity contribution in [3.8, 4) is 0 Å². The second-order valence-corrected chi connectivity index (χ2v) is 5.07. The zero-order valence-corrected chi connectivity index (χ0v) is 10.8. The topological polar surface area (TPSA) is 24.9 Å². The molecular formula is C16H17FN2. The summed E-state index contributed by atoms with van der Waals surface area (Å²) in [6.45, 7) is 0.741. The predicted molar refractivity (Wildman–Crippen MR) is 73.3 cm³/mol. The van der Waals surface area contributed by atoms with Gasteiger partial charge in [0.05, 0.1) is 0 Å². The van der Waals surface area contributed by atoms with E-state index in [1.165, 1.54) is 18.9 Å². The number of pyridine rings is 1. The van der Waals surface area contributed by atoms with E-state index in [-0.39, 0.29) is 5.82 Å². The quantitative estimate of drug-likeness (QED) is 0.889. The summed E-state index contributed by atoms with van der Waals surface area (Å²) in [5.74, 6) is -0.169. The lowest BCUT2D eigenvalue weighted by molar-refractivity contribution is 0.617. The van der Waals surface area contributed by atoms with Crippen molar-refractivity contribution < 1.29 is 4.39 Å². The monoisotopic (exact) mass is 256 g/mol. The lowest BCUT2D eigenvalue weighted by Crippen LogP contribution is -2.16. The third-order valence-corrected chi connectivity index (χ3v) is 3.42. The van der Waals surface area contributed by atoms with Gasteiger partial charge in [0.2, 0.25) is 0 Å². The van der Waals surface area contributed by atoms with Crippen LogP contribution in [0.25, 0.3) is 0 Å². The van der Waals surface area contributed by atoms with Gasteiger partial charge in [-0.05, 0) is 48.2 Å². The normalized spacial score (nSPS) is 14.6. The van der Waals surface area contributed by atoms with E-state index in [0.29, 0.717) is 6.04 Å². The first-order valence-corrected chi connectivity index (χ1v) is 6.72. The second-order valence-electron chi connectivity index (χ2n) is 5.07. The maximum absolute atomic E-state index is 13.4. The summed E-state index contributed by atoms with van der Waals surface area (Å²) < 4.78 is 13.4. The number of hydrogen-bond acceptors (Lipinski definition) is 2. The Bertz CT molecular complexity index is 550. The molecule has 0 atom stereocenters. The highest BCUT2D eigenvalue weighted by molar-refractivity contribution is 5.31. The number of nitrogens with one attached hydrogen (secondary N) is 1. The van der Waals surface area contributed by atoms with Gasteiger partial charge in [-0.1, -0.05) is 12.1 Å². The lowest BCUT2D eigenvalue weighted by atomic mass is 10.0. The molecule has 1 saturated carbocycles. The number of halogens is 1. The fourth-order valence-electron chi connectivity index (χ4n) is 2.17. The molecule has 1 aliphatic carbocycles. The van der Waals surface area contributed by atoms with Gasteiger partial charge in [0, 0.05) is 30.9 Å². The van der Waals surface area contributed by atoms with Crippen molar-refractivity contribution in [1.29, 1.82) is 0 Å². The molecule has 2 aromatic rings. The summed E-state index contributed by atoms with van der Waals surface area (Å²) in [4.78, 5) is 4.33. The molecule has 98 valence electrons. The predicted octanol–water partition coefficient (Wildman–Crippen LogP) is 3.06. The van der Waals surface area contributed by atoms with Gasteiger partial charge in [-0.3, -0.25) is 4.98 Å². The van der Waals surface area contributed by atoms with E-state index in [1.54, 1.807) is 12.3 Å². The Morgan fingerprint density at radius 3 is 2.79 bits per heavy atom. The van der Waals surface area contributed by atoms with Gasteiger partial charge < -0.3 is 5.32 Å². The van der Waals surface area contributed by atoms with E-state index in [4.69, 9.17) is 0 Å². The van der Waals surface area contributed by atoms with Crippen LogP contribution in [0.2, 0.25) is 0 Å². The summed E-state index contributed by atoms with van der Waals surface area (Å²) in [6, 6.07) is 11.5. The number of aromatic nitrogens is 1. The van der Waals surface area contributed by atoms with Gasteiger partial charge in [0.1, 0.15) is 5.82 Å². The lowest BCUT2D eigenvalue weighted by Gasteiger charge is -2.10. The Balaban J connectivity index is 1.78. The van der Waals surface area contributed by atoms with Crippen LogP contribution < -0.4 is 5.32 Å². The van der Waals surface area contributed by atoms with Crippen molar-refractivity contribution in [3.05, 3.63) is 65.2 Å². The summed E-state index contributed by atoms with van der Waals surface area (Å²) in [5, 5.41) is 3.44. The molecule has 19 heavy (non-hydrogen) atoms. The van der Waals surface area contributed by atoms with Crippen LogP contribution in [0, 0.1) is 5.82 Å². The third-order valence-electron chi connectivity index (χ3n) is 3.42. The molecule has 0 unspecified atom stereocenters. The molecule has 0 saturated heterocycles. The fourth-order valence-corrected chi connectivity index (χ4v) is 2.17. The minimum Gasteiger partial charge on any atom is -0.310 e. The minimum atomic E-state index is -0.169. The fraction of sp³-hybridized carbons (Fsp3) is 0.312. The molecule has 0 spiro atoms. The SMILES string of the molecule is Fc1ccc(Cc2ccccn2)c(CNC2CC2)c1. The number of nitrogens with zero attached hydrogens (tertiary/aromatic N) is 1. The van der Waals surface area contributed by atoms with Crippen LogP contribution in [0.1, 0.15) is 29.7 Å². The first kappa shape index (κ1) is 12.3. The van der Waals surface area contributed by atoms with Crippen molar-refractivity contribution in [2.45, 2.75) is 31.8 Å². The maximum atomic E-state index is 13.4. The molecule has 1 heterocycles. The molecule has 3 heteroatoms. The molecule has 3 rings (SSSR count). The highest BCUT2D eigenvalue weighted by atomic mass is 19.1. The Hall–Kier alpha value is -1.74. The summed E-state index contributed by atoms with van der Waals surface area (Å²) in [7, 11) is 0. The van der Waals surface area contributed by atoms with E-state index in [1.807, 2.05) is 24.3 Å². The molecule has 1 aliphatic rings. The molecule has 0 radical (unpaired) electrons. The number of hydrogen-bond donors (Lipinski definition) is 1. The van der Waals surface area contributed by atoms with Gasteiger partial charge >= 0.3 is 0 Å². The molecule has 2 nitrogen and oxygen atoms in total. The van der Waals surface area contributed by atoms with E-state index >= 15 is 0 Å². The molecule has 0 bridgehead atoms. The van der Waals surface area contributed by atoms with E-state index in [9.17, 15) is 4.39 Å². The Morgan fingerprint density at radius 2 is 2.05 bits per heavy atom. The molecule has 0 aliphatic heterocycles.